The zero-order valence-corrected chi connectivity index (χ0v) is 19.1. The van der Waals surface area contributed by atoms with Crippen molar-refractivity contribution in [3.05, 3.63) is 93.3 Å². The second-order valence-corrected chi connectivity index (χ2v) is 10.5. The standard InChI is InChI=1S/C27H28N2OS/c1-27(2,3)19-12-10-17(11-13-19)26-25-22(28-20-7-4-5-8-21(20)29-26)15-18(16-23(25)30)24-9-6-14-31-24/h4-14,18,26,28-29H,15-16H2,1-3H3. The van der Waals surface area contributed by atoms with E-state index in [0.717, 1.165) is 34.6 Å². The summed E-state index contributed by atoms with van der Waals surface area (Å²) in [7, 11) is 0. The zero-order valence-electron chi connectivity index (χ0n) is 18.2. The first-order valence-corrected chi connectivity index (χ1v) is 11.8. The van der Waals surface area contributed by atoms with Crippen LogP contribution in [0.4, 0.5) is 11.4 Å². The van der Waals surface area contributed by atoms with Crippen molar-refractivity contribution in [1.82, 2.24) is 0 Å². The average molecular weight is 429 g/mol. The third-order valence-electron chi connectivity index (χ3n) is 6.36. The largest absolute Gasteiger partial charge is 0.372 e. The number of rotatable bonds is 2. The molecule has 3 nitrogen and oxygen atoms in total. The fraction of sp³-hybridized carbons (Fsp3) is 0.296. The van der Waals surface area contributed by atoms with Gasteiger partial charge >= 0.3 is 0 Å². The first-order valence-electron chi connectivity index (χ1n) is 10.9. The lowest BCUT2D eigenvalue weighted by molar-refractivity contribution is -0.116. The van der Waals surface area contributed by atoms with E-state index in [0.29, 0.717) is 6.42 Å². The molecule has 0 fully saturated rings. The third kappa shape index (κ3) is 3.81. The molecule has 3 aromatic rings. The predicted octanol–water partition coefficient (Wildman–Crippen LogP) is 7.03. The quantitative estimate of drug-likeness (QED) is 0.460. The minimum atomic E-state index is -0.156. The van der Waals surface area contributed by atoms with E-state index >= 15 is 0 Å². The van der Waals surface area contributed by atoms with Crippen molar-refractivity contribution in [2.75, 3.05) is 10.6 Å². The molecule has 2 heterocycles. The summed E-state index contributed by atoms with van der Waals surface area (Å²) in [4.78, 5) is 14.8. The van der Waals surface area contributed by atoms with Gasteiger partial charge in [0.25, 0.3) is 0 Å². The van der Waals surface area contributed by atoms with E-state index in [9.17, 15) is 4.79 Å². The molecule has 2 N–H and O–H groups in total. The Balaban J connectivity index is 1.59. The predicted molar refractivity (Wildman–Crippen MR) is 130 cm³/mol. The van der Waals surface area contributed by atoms with Crippen LogP contribution in [-0.4, -0.2) is 5.78 Å². The van der Waals surface area contributed by atoms with Gasteiger partial charge in [-0.3, -0.25) is 4.79 Å². The fourth-order valence-electron chi connectivity index (χ4n) is 4.64. The van der Waals surface area contributed by atoms with Gasteiger partial charge in [0.15, 0.2) is 5.78 Å². The number of benzene rings is 2. The van der Waals surface area contributed by atoms with Gasteiger partial charge in [-0.15, -0.1) is 11.3 Å². The number of hydrogen-bond acceptors (Lipinski definition) is 4. The summed E-state index contributed by atoms with van der Waals surface area (Å²) in [5, 5.41) is 9.39. The van der Waals surface area contributed by atoms with E-state index in [2.05, 4.69) is 85.3 Å². The van der Waals surface area contributed by atoms with Crippen molar-refractivity contribution in [3.8, 4) is 0 Å². The summed E-state index contributed by atoms with van der Waals surface area (Å²) in [6.45, 7) is 6.67. The molecule has 0 saturated heterocycles. The summed E-state index contributed by atoms with van der Waals surface area (Å²) in [5.74, 6) is 0.477. The second kappa shape index (κ2) is 7.69. The van der Waals surface area contributed by atoms with E-state index in [-0.39, 0.29) is 23.2 Å². The maximum absolute atomic E-state index is 13.5. The SMILES string of the molecule is CC(C)(C)c1ccc(C2Nc3ccccc3NC3=C2C(=O)CC(c2cccs2)C3)cc1. The molecule has 0 amide bonds. The molecule has 0 bridgehead atoms. The summed E-state index contributed by atoms with van der Waals surface area (Å²) < 4.78 is 0. The molecule has 31 heavy (non-hydrogen) atoms. The molecule has 2 aliphatic rings. The van der Waals surface area contributed by atoms with Gasteiger partial charge in [-0.25, -0.2) is 0 Å². The minimum Gasteiger partial charge on any atom is -0.372 e. The summed E-state index contributed by atoms with van der Waals surface area (Å²) >= 11 is 1.74. The van der Waals surface area contributed by atoms with E-state index in [4.69, 9.17) is 0 Å². The second-order valence-electron chi connectivity index (χ2n) is 9.56. The van der Waals surface area contributed by atoms with Crippen LogP contribution in [0.15, 0.2) is 77.3 Å². The number of carbonyl (C=O) groups excluding carboxylic acids is 1. The number of carbonyl (C=O) groups is 1. The number of anilines is 2. The van der Waals surface area contributed by atoms with Crippen molar-refractivity contribution in [1.29, 1.82) is 0 Å². The van der Waals surface area contributed by atoms with Crippen molar-refractivity contribution < 1.29 is 4.79 Å². The molecule has 0 saturated carbocycles. The molecule has 4 heteroatoms. The highest BCUT2D eigenvalue weighted by atomic mass is 32.1. The van der Waals surface area contributed by atoms with Crippen LogP contribution >= 0.6 is 11.3 Å². The number of Topliss-reactive ketones (excluding diaryl/α,β-unsaturated/α-hetero) is 1. The molecule has 1 aromatic heterocycles. The molecule has 2 atom stereocenters. The van der Waals surface area contributed by atoms with Crippen LogP contribution in [0.25, 0.3) is 0 Å². The van der Waals surface area contributed by atoms with Gasteiger partial charge in [0.05, 0.1) is 17.4 Å². The van der Waals surface area contributed by atoms with Crippen LogP contribution in [0.2, 0.25) is 0 Å². The van der Waals surface area contributed by atoms with Gasteiger partial charge in [-0.2, -0.15) is 0 Å². The van der Waals surface area contributed by atoms with Gasteiger partial charge in [0, 0.05) is 28.5 Å². The molecule has 5 rings (SSSR count). The van der Waals surface area contributed by atoms with Crippen LogP contribution < -0.4 is 10.6 Å². The molecule has 0 spiro atoms. The van der Waals surface area contributed by atoms with Crippen LogP contribution in [-0.2, 0) is 10.2 Å². The van der Waals surface area contributed by atoms with E-state index in [1.54, 1.807) is 11.3 Å². The maximum Gasteiger partial charge on any atom is 0.163 e. The van der Waals surface area contributed by atoms with E-state index in [1.165, 1.54) is 10.4 Å². The molecule has 2 unspecified atom stereocenters. The van der Waals surface area contributed by atoms with Crippen LogP contribution in [0.1, 0.15) is 61.6 Å². The number of allylic oxidation sites excluding steroid dienone is 1. The highest BCUT2D eigenvalue weighted by Crippen LogP contribution is 2.45. The van der Waals surface area contributed by atoms with Gasteiger partial charge in [0.1, 0.15) is 0 Å². The lowest BCUT2D eigenvalue weighted by atomic mass is 9.80. The van der Waals surface area contributed by atoms with Gasteiger partial charge in [0.2, 0.25) is 0 Å². The van der Waals surface area contributed by atoms with Gasteiger partial charge in [-0.05, 0) is 46.5 Å². The highest BCUT2D eigenvalue weighted by Gasteiger charge is 2.36. The number of nitrogens with one attached hydrogen (secondary N) is 2. The lowest BCUT2D eigenvalue weighted by Gasteiger charge is -2.29. The zero-order chi connectivity index (χ0) is 21.6. The Bertz CT molecular complexity index is 1140. The van der Waals surface area contributed by atoms with E-state index < -0.39 is 0 Å². The number of hydrogen-bond donors (Lipinski definition) is 2. The Morgan fingerprint density at radius 3 is 2.32 bits per heavy atom. The molecule has 1 aliphatic heterocycles. The lowest BCUT2D eigenvalue weighted by Crippen LogP contribution is -2.26. The third-order valence-corrected chi connectivity index (χ3v) is 7.40. The number of para-hydroxylation sites is 2. The van der Waals surface area contributed by atoms with Crippen molar-refractivity contribution in [2.45, 2.75) is 51.0 Å². The summed E-state index contributed by atoms with van der Waals surface area (Å²) in [6.07, 6.45) is 1.42. The molecule has 0 radical (unpaired) electrons. The summed E-state index contributed by atoms with van der Waals surface area (Å²) in [5.41, 5.74) is 6.52. The van der Waals surface area contributed by atoms with Crippen LogP contribution in [0.3, 0.4) is 0 Å². The average Bonchev–Trinajstić information content (AvgIpc) is 3.22. The van der Waals surface area contributed by atoms with Crippen molar-refractivity contribution >= 4 is 28.5 Å². The number of fused-ring (bicyclic) bond motifs is 1. The minimum absolute atomic E-state index is 0.0998. The Morgan fingerprint density at radius 2 is 1.65 bits per heavy atom. The first kappa shape index (κ1) is 20.1. The Labute approximate surface area is 188 Å². The fourth-order valence-corrected chi connectivity index (χ4v) is 5.47. The normalized spacial score (nSPS) is 20.9. The number of ketones is 1. The van der Waals surface area contributed by atoms with Crippen molar-refractivity contribution in [2.24, 2.45) is 0 Å². The molecule has 1 aliphatic carbocycles. The number of thiophene rings is 1. The van der Waals surface area contributed by atoms with Gasteiger partial charge < -0.3 is 10.6 Å². The highest BCUT2D eigenvalue weighted by molar-refractivity contribution is 7.10. The maximum atomic E-state index is 13.5. The van der Waals surface area contributed by atoms with E-state index in [1.807, 2.05) is 12.1 Å². The topological polar surface area (TPSA) is 41.1 Å². The monoisotopic (exact) mass is 428 g/mol. The van der Waals surface area contributed by atoms with Gasteiger partial charge in [-0.1, -0.05) is 63.2 Å². The Morgan fingerprint density at radius 1 is 0.903 bits per heavy atom. The first-order chi connectivity index (χ1) is 14.9. The van der Waals surface area contributed by atoms with Crippen LogP contribution in [0.5, 0.6) is 0 Å². The molecule has 158 valence electrons. The molecular formula is C27H28N2OS. The van der Waals surface area contributed by atoms with Crippen molar-refractivity contribution in [3.63, 3.8) is 0 Å². The Kier molecular flexibility index (Phi) is 4.98. The van der Waals surface area contributed by atoms with Crippen LogP contribution in [0, 0.1) is 0 Å². The summed E-state index contributed by atoms with van der Waals surface area (Å²) in [6, 6.07) is 21.1. The smallest absolute Gasteiger partial charge is 0.163 e. The molecule has 2 aromatic carbocycles. The Hall–Kier alpha value is -2.85. The molecular weight excluding hydrogens is 400 g/mol.